The van der Waals surface area contributed by atoms with E-state index < -0.39 is 0 Å². The van der Waals surface area contributed by atoms with Crippen molar-refractivity contribution in [3.63, 3.8) is 0 Å². The highest BCUT2D eigenvalue weighted by Crippen LogP contribution is 2.18. The van der Waals surface area contributed by atoms with Crippen molar-refractivity contribution in [2.75, 3.05) is 29.9 Å². The minimum atomic E-state index is -0.312. The van der Waals surface area contributed by atoms with Crippen molar-refractivity contribution in [3.05, 3.63) is 42.1 Å². The van der Waals surface area contributed by atoms with Crippen LogP contribution in [0.5, 0.6) is 0 Å². The zero-order valence-electron chi connectivity index (χ0n) is 15.2. The summed E-state index contributed by atoms with van der Waals surface area (Å²) < 4.78 is 4.99. The van der Waals surface area contributed by atoms with Crippen molar-refractivity contribution >= 4 is 23.4 Å². The summed E-state index contributed by atoms with van der Waals surface area (Å²) in [6.07, 6.45) is 3.86. The van der Waals surface area contributed by atoms with Gasteiger partial charge < -0.3 is 15.0 Å². The molecular weight excluding hydrogens is 316 g/mol. The quantitative estimate of drug-likeness (QED) is 0.694. The van der Waals surface area contributed by atoms with Crippen LogP contribution in [0, 0.1) is 0 Å². The van der Waals surface area contributed by atoms with E-state index in [1.54, 1.807) is 25.3 Å². The van der Waals surface area contributed by atoms with Gasteiger partial charge in [-0.3, -0.25) is 0 Å². The molecule has 6 nitrogen and oxygen atoms in total. The molecule has 0 bridgehead atoms. The summed E-state index contributed by atoms with van der Waals surface area (Å²) in [5.74, 6) is 1.15. The lowest BCUT2D eigenvalue weighted by Crippen LogP contribution is -2.26. The van der Waals surface area contributed by atoms with Gasteiger partial charge in [-0.1, -0.05) is 13.8 Å². The number of aromatic nitrogens is 2. The van der Waals surface area contributed by atoms with E-state index in [9.17, 15) is 4.79 Å². The average Bonchev–Trinajstić information content (AvgIpc) is 2.62. The van der Waals surface area contributed by atoms with Crippen molar-refractivity contribution in [1.29, 1.82) is 0 Å². The summed E-state index contributed by atoms with van der Waals surface area (Å²) in [5.41, 5.74) is 1.39. The zero-order chi connectivity index (χ0) is 18.1. The predicted molar refractivity (Wildman–Crippen MR) is 101 cm³/mol. The van der Waals surface area contributed by atoms with Crippen LogP contribution in [0.4, 0.5) is 17.5 Å². The van der Waals surface area contributed by atoms with Crippen LogP contribution in [0.2, 0.25) is 0 Å². The molecule has 0 aliphatic heterocycles. The molecule has 0 amide bonds. The van der Waals surface area contributed by atoms with Crippen LogP contribution < -0.4 is 10.2 Å². The molecule has 2 rings (SSSR count). The Balaban J connectivity index is 2.09. The lowest BCUT2D eigenvalue weighted by molar-refractivity contribution is 0.0526. The number of ether oxygens (including phenoxy) is 1. The van der Waals surface area contributed by atoms with Gasteiger partial charge in [-0.05, 0) is 50.1 Å². The molecule has 0 atom stereocenters. The van der Waals surface area contributed by atoms with Gasteiger partial charge in [-0.2, -0.15) is 4.98 Å². The Morgan fingerprint density at radius 2 is 1.76 bits per heavy atom. The minimum absolute atomic E-state index is 0.312. The van der Waals surface area contributed by atoms with E-state index in [2.05, 4.69) is 34.0 Å². The maximum Gasteiger partial charge on any atom is 0.338 e. The lowest BCUT2D eigenvalue weighted by atomic mass is 10.2. The fraction of sp³-hybridized carbons (Fsp3) is 0.421. The summed E-state index contributed by atoms with van der Waals surface area (Å²) >= 11 is 0. The zero-order valence-corrected chi connectivity index (χ0v) is 15.2. The standard InChI is InChI=1S/C19H26N4O2/c1-4-13-23(14-5-2)19-20-12-11-17(22-19)21-16-9-7-15(8-10-16)18(24)25-6-3/h7-12H,4-6,13-14H2,1-3H3,(H,20,21,22). The van der Waals surface area contributed by atoms with Crippen LogP contribution >= 0.6 is 0 Å². The van der Waals surface area contributed by atoms with Gasteiger partial charge in [0, 0.05) is 25.0 Å². The van der Waals surface area contributed by atoms with Gasteiger partial charge >= 0.3 is 5.97 Å². The van der Waals surface area contributed by atoms with Crippen LogP contribution in [0.3, 0.4) is 0 Å². The molecule has 1 aromatic heterocycles. The van der Waals surface area contributed by atoms with Gasteiger partial charge in [-0.15, -0.1) is 0 Å². The highest BCUT2D eigenvalue weighted by molar-refractivity contribution is 5.89. The van der Waals surface area contributed by atoms with Crippen molar-refractivity contribution < 1.29 is 9.53 Å². The molecule has 0 radical (unpaired) electrons. The van der Waals surface area contributed by atoms with E-state index in [4.69, 9.17) is 4.74 Å². The van der Waals surface area contributed by atoms with E-state index >= 15 is 0 Å². The van der Waals surface area contributed by atoms with Gasteiger partial charge in [0.1, 0.15) is 5.82 Å². The Kier molecular flexibility index (Phi) is 7.19. The van der Waals surface area contributed by atoms with Gasteiger partial charge in [0.05, 0.1) is 12.2 Å². The summed E-state index contributed by atoms with van der Waals surface area (Å²) in [7, 11) is 0. The van der Waals surface area contributed by atoms with Crippen molar-refractivity contribution in [3.8, 4) is 0 Å². The van der Waals surface area contributed by atoms with Gasteiger partial charge in [0.25, 0.3) is 0 Å². The van der Waals surface area contributed by atoms with Crippen molar-refractivity contribution in [2.24, 2.45) is 0 Å². The summed E-state index contributed by atoms with van der Waals surface area (Å²) in [6, 6.07) is 8.98. The van der Waals surface area contributed by atoms with Gasteiger partial charge in [0.15, 0.2) is 0 Å². The number of carbonyl (C=O) groups is 1. The number of rotatable bonds is 9. The molecule has 6 heteroatoms. The third-order valence-electron chi connectivity index (χ3n) is 3.58. The Bertz CT molecular complexity index is 667. The Morgan fingerprint density at radius 1 is 1.08 bits per heavy atom. The minimum Gasteiger partial charge on any atom is -0.462 e. The summed E-state index contributed by atoms with van der Waals surface area (Å²) in [4.78, 5) is 22.9. The van der Waals surface area contributed by atoms with E-state index in [0.29, 0.717) is 12.2 Å². The first-order chi connectivity index (χ1) is 12.2. The van der Waals surface area contributed by atoms with Crippen molar-refractivity contribution in [1.82, 2.24) is 9.97 Å². The molecule has 134 valence electrons. The number of nitrogens with zero attached hydrogens (tertiary/aromatic N) is 3. The normalized spacial score (nSPS) is 10.4. The largest absolute Gasteiger partial charge is 0.462 e. The summed E-state index contributed by atoms with van der Waals surface area (Å²) in [5, 5.41) is 3.25. The SMILES string of the molecule is CCCN(CCC)c1nccc(Nc2ccc(C(=O)OCC)cc2)n1. The molecule has 0 aliphatic rings. The first kappa shape index (κ1) is 18.7. The average molecular weight is 342 g/mol. The van der Waals surface area contributed by atoms with E-state index in [1.165, 1.54) is 0 Å². The highest BCUT2D eigenvalue weighted by atomic mass is 16.5. The van der Waals surface area contributed by atoms with E-state index in [0.717, 1.165) is 43.4 Å². The summed E-state index contributed by atoms with van der Waals surface area (Å²) in [6.45, 7) is 8.33. The third-order valence-corrected chi connectivity index (χ3v) is 3.58. The molecule has 1 N–H and O–H groups in total. The molecule has 0 unspecified atom stereocenters. The number of hydrogen-bond acceptors (Lipinski definition) is 6. The smallest absolute Gasteiger partial charge is 0.338 e. The molecule has 25 heavy (non-hydrogen) atoms. The molecule has 0 spiro atoms. The van der Waals surface area contributed by atoms with Crippen LogP contribution in [0.1, 0.15) is 44.0 Å². The van der Waals surface area contributed by atoms with Crippen molar-refractivity contribution in [2.45, 2.75) is 33.6 Å². The molecule has 0 fully saturated rings. The molecule has 0 saturated heterocycles. The van der Waals surface area contributed by atoms with E-state index in [-0.39, 0.29) is 5.97 Å². The maximum absolute atomic E-state index is 11.7. The fourth-order valence-electron chi connectivity index (χ4n) is 2.47. The van der Waals surface area contributed by atoms with Crippen LogP contribution in [-0.4, -0.2) is 35.6 Å². The van der Waals surface area contributed by atoms with E-state index in [1.807, 2.05) is 18.2 Å². The molecule has 2 aromatic rings. The second-order valence-corrected chi connectivity index (χ2v) is 5.65. The second-order valence-electron chi connectivity index (χ2n) is 5.65. The van der Waals surface area contributed by atoms with Crippen LogP contribution in [0.15, 0.2) is 36.5 Å². The monoisotopic (exact) mass is 342 g/mol. The molecule has 0 saturated carbocycles. The Morgan fingerprint density at radius 3 is 2.36 bits per heavy atom. The topological polar surface area (TPSA) is 67.4 Å². The number of esters is 1. The lowest BCUT2D eigenvalue weighted by Gasteiger charge is -2.21. The van der Waals surface area contributed by atoms with Crippen LogP contribution in [-0.2, 0) is 4.74 Å². The Labute approximate surface area is 149 Å². The number of carbonyl (C=O) groups excluding carboxylic acids is 1. The Hall–Kier alpha value is -2.63. The van der Waals surface area contributed by atoms with Gasteiger partial charge in [-0.25, -0.2) is 9.78 Å². The highest BCUT2D eigenvalue weighted by Gasteiger charge is 2.09. The maximum atomic E-state index is 11.7. The number of hydrogen-bond donors (Lipinski definition) is 1. The predicted octanol–water partition coefficient (Wildman–Crippen LogP) is 4.02. The van der Waals surface area contributed by atoms with Gasteiger partial charge in [0.2, 0.25) is 5.95 Å². The molecular formula is C19H26N4O2. The molecule has 1 aromatic carbocycles. The molecule has 0 aliphatic carbocycles. The number of anilines is 3. The third kappa shape index (κ3) is 5.45. The second kappa shape index (κ2) is 9.61. The van der Waals surface area contributed by atoms with Crippen LogP contribution in [0.25, 0.3) is 0 Å². The fourth-order valence-corrected chi connectivity index (χ4v) is 2.47. The molecule has 1 heterocycles. The number of nitrogens with one attached hydrogen (secondary N) is 1. The first-order valence-electron chi connectivity index (χ1n) is 8.80. The number of benzene rings is 1. The first-order valence-corrected chi connectivity index (χ1v) is 8.80.